The molecule has 0 unspecified atom stereocenters. The first-order valence-corrected chi connectivity index (χ1v) is 9.73. The van der Waals surface area contributed by atoms with Gasteiger partial charge in [-0.2, -0.15) is 0 Å². The van der Waals surface area contributed by atoms with Gasteiger partial charge in [0.1, 0.15) is 29.5 Å². The van der Waals surface area contributed by atoms with Crippen molar-refractivity contribution in [1.82, 2.24) is 9.13 Å². The third-order valence-electron chi connectivity index (χ3n) is 5.18. The van der Waals surface area contributed by atoms with E-state index >= 15 is 0 Å². The van der Waals surface area contributed by atoms with Crippen LogP contribution in [-0.2, 0) is 18.4 Å². The van der Waals surface area contributed by atoms with Gasteiger partial charge >= 0.3 is 5.69 Å². The Morgan fingerprint density at radius 3 is 2.23 bits per heavy atom. The molecule has 10 nitrogen and oxygen atoms in total. The lowest BCUT2D eigenvalue weighted by atomic mass is 10.1. The molecule has 1 aromatic carbocycles. The standard InChI is InChI=1S/C20H27N5O5/c1-23-18(21)17(24-7-5-4-6-8-24)19(27)25(20(23)28)12-16(26)22-13-9-14(29-2)11-15(10-13)30-3/h9-11H,4-8,12,21H2,1-3H3,(H,22,26). The van der Waals surface area contributed by atoms with Crippen LogP contribution in [0.15, 0.2) is 27.8 Å². The summed E-state index contributed by atoms with van der Waals surface area (Å²) in [6.45, 7) is 0.938. The number of methoxy groups -OCH3 is 2. The summed E-state index contributed by atoms with van der Waals surface area (Å²) < 4.78 is 12.5. The van der Waals surface area contributed by atoms with Crippen LogP contribution < -0.4 is 36.7 Å². The summed E-state index contributed by atoms with van der Waals surface area (Å²) in [4.78, 5) is 40.2. The maximum absolute atomic E-state index is 13.1. The first kappa shape index (κ1) is 21.3. The van der Waals surface area contributed by atoms with Crippen LogP contribution in [0, 0.1) is 0 Å². The number of piperidine rings is 1. The minimum Gasteiger partial charge on any atom is -0.497 e. The summed E-state index contributed by atoms with van der Waals surface area (Å²) in [5.74, 6) is 0.579. The number of benzene rings is 1. The van der Waals surface area contributed by atoms with E-state index in [0.717, 1.165) is 23.8 Å². The summed E-state index contributed by atoms with van der Waals surface area (Å²) in [5, 5.41) is 2.68. The van der Waals surface area contributed by atoms with Gasteiger partial charge < -0.3 is 25.4 Å². The van der Waals surface area contributed by atoms with Crippen LogP contribution in [-0.4, -0.2) is 42.4 Å². The van der Waals surface area contributed by atoms with Gasteiger partial charge in [0.05, 0.1) is 14.2 Å². The van der Waals surface area contributed by atoms with E-state index in [1.165, 1.54) is 25.8 Å². The fourth-order valence-corrected chi connectivity index (χ4v) is 3.55. The topological polar surface area (TPSA) is 121 Å². The molecule has 0 spiro atoms. The lowest BCUT2D eigenvalue weighted by Gasteiger charge is -2.29. The molecule has 1 aliphatic heterocycles. The molecule has 3 rings (SSSR count). The molecule has 0 atom stereocenters. The van der Waals surface area contributed by atoms with Crippen molar-refractivity contribution in [3.05, 3.63) is 39.0 Å². The highest BCUT2D eigenvalue weighted by Gasteiger charge is 2.23. The van der Waals surface area contributed by atoms with Gasteiger partial charge in [-0.05, 0) is 19.3 Å². The summed E-state index contributed by atoms with van der Waals surface area (Å²) in [5.41, 5.74) is 5.58. The number of hydrogen-bond acceptors (Lipinski definition) is 7. The molecule has 2 heterocycles. The first-order chi connectivity index (χ1) is 14.3. The molecule has 2 aromatic rings. The molecule has 0 saturated carbocycles. The molecule has 0 radical (unpaired) electrons. The highest BCUT2D eigenvalue weighted by molar-refractivity contribution is 5.91. The number of carbonyl (C=O) groups excluding carboxylic acids is 1. The molecule has 3 N–H and O–H groups in total. The molecule has 1 amide bonds. The van der Waals surface area contributed by atoms with Gasteiger partial charge in [0.2, 0.25) is 5.91 Å². The molecule has 1 aliphatic rings. The monoisotopic (exact) mass is 417 g/mol. The largest absolute Gasteiger partial charge is 0.497 e. The van der Waals surface area contributed by atoms with Gasteiger partial charge in [-0.15, -0.1) is 0 Å². The van der Waals surface area contributed by atoms with E-state index in [4.69, 9.17) is 15.2 Å². The second kappa shape index (κ2) is 8.93. The van der Waals surface area contributed by atoms with Gasteiger partial charge in [0.15, 0.2) is 0 Å². The van der Waals surface area contributed by atoms with Crippen molar-refractivity contribution in [1.29, 1.82) is 0 Å². The number of nitrogens with zero attached hydrogens (tertiary/aromatic N) is 3. The zero-order chi connectivity index (χ0) is 21.8. The molecule has 0 bridgehead atoms. The summed E-state index contributed by atoms with van der Waals surface area (Å²) >= 11 is 0. The van der Waals surface area contributed by atoms with E-state index in [1.807, 2.05) is 4.90 Å². The van der Waals surface area contributed by atoms with Crippen LogP contribution in [0.1, 0.15) is 19.3 Å². The molecular weight excluding hydrogens is 390 g/mol. The molecule has 30 heavy (non-hydrogen) atoms. The predicted octanol–water partition coefficient (Wildman–Crippen LogP) is 0.775. The number of nitrogen functional groups attached to an aromatic ring is 1. The SMILES string of the molecule is COc1cc(NC(=O)Cn2c(=O)c(N3CCCCC3)c(N)n(C)c2=O)cc(OC)c1. The normalized spacial score (nSPS) is 13.8. The van der Waals surface area contributed by atoms with Crippen molar-refractivity contribution in [2.45, 2.75) is 25.8 Å². The molecular formula is C20H27N5O5. The van der Waals surface area contributed by atoms with Crippen molar-refractivity contribution in [2.24, 2.45) is 7.05 Å². The zero-order valence-electron chi connectivity index (χ0n) is 17.4. The number of nitrogens with two attached hydrogens (primary N) is 1. The highest BCUT2D eigenvalue weighted by Crippen LogP contribution is 2.26. The van der Waals surface area contributed by atoms with Crippen molar-refractivity contribution >= 4 is 23.1 Å². The van der Waals surface area contributed by atoms with Crippen molar-refractivity contribution in [2.75, 3.05) is 43.3 Å². The number of ether oxygens (including phenoxy) is 2. The molecule has 10 heteroatoms. The Labute approximate surface area is 173 Å². The highest BCUT2D eigenvalue weighted by atomic mass is 16.5. The molecule has 1 saturated heterocycles. The second-order valence-electron chi connectivity index (χ2n) is 7.16. The van der Waals surface area contributed by atoms with Crippen LogP contribution in [0.3, 0.4) is 0 Å². The van der Waals surface area contributed by atoms with Gasteiger partial charge in [-0.1, -0.05) is 0 Å². The van der Waals surface area contributed by atoms with E-state index in [9.17, 15) is 14.4 Å². The van der Waals surface area contributed by atoms with Crippen LogP contribution in [0.4, 0.5) is 17.2 Å². The van der Waals surface area contributed by atoms with Crippen molar-refractivity contribution in [3.63, 3.8) is 0 Å². The van der Waals surface area contributed by atoms with Crippen LogP contribution in [0.5, 0.6) is 11.5 Å². The van der Waals surface area contributed by atoms with Crippen molar-refractivity contribution < 1.29 is 14.3 Å². The van der Waals surface area contributed by atoms with Gasteiger partial charge in [0.25, 0.3) is 5.56 Å². The van der Waals surface area contributed by atoms with Gasteiger partial charge in [0, 0.05) is 44.0 Å². The summed E-state index contributed by atoms with van der Waals surface area (Å²) in [7, 11) is 4.49. The molecule has 0 aliphatic carbocycles. The Bertz CT molecular complexity index is 1030. The Morgan fingerprint density at radius 2 is 1.67 bits per heavy atom. The number of amides is 1. The summed E-state index contributed by atoms with van der Waals surface area (Å²) in [6, 6.07) is 4.90. The molecule has 162 valence electrons. The van der Waals surface area contributed by atoms with Gasteiger partial charge in [-0.25, -0.2) is 9.36 Å². The number of aromatic nitrogens is 2. The fraction of sp³-hybridized carbons (Fsp3) is 0.450. The third kappa shape index (κ3) is 4.27. The second-order valence-corrected chi connectivity index (χ2v) is 7.16. The third-order valence-corrected chi connectivity index (χ3v) is 5.18. The van der Waals surface area contributed by atoms with E-state index in [0.29, 0.717) is 30.3 Å². The Balaban J connectivity index is 1.91. The Hall–Kier alpha value is -3.43. The van der Waals surface area contributed by atoms with E-state index < -0.39 is 23.7 Å². The molecule has 1 aromatic heterocycles. The smallest absolute Gasteiger partial charge is 0.332 e. The minimum atomic E-state index is -0.642. The minimum absolute atomic E-state index is 0.112. The van der Waals surface area contributed by atoms with Crippen LogP contribution in [0.2, 0.25) is 0 Å². The molecule has 1 fully saturated rings. The lowest BCUT2D eigenvalue weighted by Crippen LogP contribution is -2.46. The maximum atomic E-state index is 13.1. The maximum Gasteiger partial charge on any atom is 0.332 e. The predicted molar refractivity (Wildman–Crippen MR) is 115 cm³/mol. The number of nitrogens with one attached hydrogen (secondary N) is 1. The number of anilines is 3. The van der Waals surface area contributed by atoms with E-state index in [-0.39, 0.29) is 11.5 Å². The average molecular weight is 417 g/mol. The fourth-order valence-electron chi connectivity index (χ4n) is 3.55. The average Bonchev–Trinajstić information content (AvgIpc) is 2.75. The number of hydrogen-bond donors (Lipinski definition) is 2. The Kier molecular flexibility index (Phi) is 6.34. The van der Waals surface area contributed by atoms with Crippen LogP contribution in [0.25, 0.3) is 0 Å². The van der Waals surface area contributed by atoms with E-state index in [1.54, 1.807) is 18.2 Å². The first-order valence-electron chi connectivity index (χ1n) is 9.73. The quantitative estimate of drug-likeness (QED) is 0.712. The zero-order valence-corrected chi connectivity index (χ0v) is 17.4. The van der Waals surface area contributed by atoms with E-state index in [2.05, 4.69) is 5.32 Å². The van der Waals surface area contributed by atoms with Crippen LogP contribution >= 0.6 is 0 Å². The number of carbonyl (C=O) groups is 1. The number of rotatable bonds is 6. The van der Waals surface area contributed by atoms with Crippen molar-refractivity contribution in [3.8, 4) is 11.5 Å². The van der Waals surface area contributed by atoms with Gasteiger partial charge in [-0.3, -0.25) is 14.2 Å². The summed E-state index contributed by atoms with van der Waals surface area (Å²) in [6.07, 6.45) is 2.97. The lowest BCUT2D eigenvalue weighted by molar-refractivity contribution is -0.116. The Morgan fingerprint density at radius 1 is 1.07 bits per heavy atom.